The molecule has 4 rings (SSSR count). The van der Waals surface area contributed by atoms with Crippen LogP contribution >= 0.6 is 0 Å². The maximum absolute atomic E-state index is 9.19. The Balaban J connectivity index is 2.00. The zero-order valence-electron chi connectivity index (χ0n) is 11.6. The fraction of sp³-hybridized carbons (Fsp3) is 0.143. The molecule has 0 aromatic carbocycles. The maximum atomic E-state index is 9.19. The Bertz CT molecular complexity index is 972. The second-order valence-electron chi connectivity index (χ2n) is 4.89. The number of hydrogen-bond acceptors (Lipinski definition) is 6. The highest BCUT2D eigenvalue weighted by atomic mass is 16.3. The molecule has 0 amide bonds. The van der Waals surface area contributed by atoms with Crippen molar-refractivity contribution in [3.8, 4) is 11.3 Å². The molecule has 0 saturated carbocycles. The number of aliphatic hydroxyl groups is 1. The van der Waals surface area contributed by atoms with E-state index in [-0.39, 0.29) is 6.61 Å². The third-order valence-electron chi connectivity index (χ3n) is 3.54. The number of nitrogens with zero attached hydrogens (tertiary/aromatic N) is 5. The summed E-state index contributed by atoms with van der Waals surface area (Å²) in [5.74, 6) is 0.360. The van der Waals surface area contributed by atoms with Gasteiger partial charge in [-0.05, 0) is 12.1 Å². The Morgan fingerprint density at radius 3 is 3.05 bits per heavy atom. The van der Waals surface area contributed by atoms with E-state index in [0.717, 1.165) is 16.6 Å². The number of aromatic nitrogens is 6. The molecule has 0 spiro atoms. The van der Waals surface area contributed by atoms with Crippen LogP contribution in [0.5, 0.6) is 0 Å². The van der Waals surface area contributed by atoms with Gasteiger partial charge < -0.3 is 15.8 Å². The first kappa shape index (κ1) is 12.7. The van der Waals surface area contributed by atoms with Crippen molar-refractivity contribution in [2.45, 2.75) is 6.54 Å². The van der Waals surface area contributed by atoms with Crippen LogP contribution in [0.25, 0.3) is 33.3 Å². The lowest BCUT2D eigenvalue weighted by Crippen LogP contribution is -2.05. The highest BCUT2D eigenvalue weighted by Crippen LogP contribution is 2.30. The van der Waals surface area contributed by atoms with Crippen LogP contribution in [-0.4, -0.2) is 41.4 Å². The number of H-pyrrole nitrogens is 1. The molecule has 22 heavy (non-hydrogen) atoms. The van der Waals surface area contributed by atoms with Gasteiger partial charge in [-0.2, -0.15) is 5.10 Å². The van der Waals surface area contributed by atoms with E-state index in [0.29, 0.717) is 29.1 Å². The lowest BCUT2D eigenvalue weighted by atomic mass is 10.1. The number of pyridine rings is 1. The Kier molecular flexibility index (Phi) is 2.76. The van der Waals surface area contributed by atoms with E-state index < -0.39 is 0 Å². The van der Waals surface area contributed by atoms with Gasteiger partial charge in [-0.1, -0.05) is 0 Å². The molecule has 0 aliphatic heterocycles. The SMILES string of the molecule is Nc1ncnc2c1c(-c1cnc3[nH]ccc3c1)nn2CCO. The molecule has 0 aliphatic rings. The van der Waals surface area contributed by atoms with Crippen LogP contribution in [0, 0.1) is 0 Å². The van der Waals surface area contributed by atoms with Crippen LogP contribution in [0.2, 0.25) is 0 Å². The first-order valence-electron chi connectivity index (χ1n) is 6.79. The quantitative estimate of drug-likeness (QED) is 0.517. The third kappa shape index (κ3) is 1.81. The summed E-state index contributed by atoms with van der Waals surface area (Å²) in [5, 5.41) is 15.4. The molecular weight excluding hydrogens is 282 g/mol. The predicted octanol–water partition coefficient (Wildman–Crippen LogP) is 0.944. The minimum atomic E-state index is -0.0325. The Labute approximate surface area is 124 Å². The van der Waals surface area contributed by atoms with Gasteiger partial charge >= 0.3 is 0 Å². The summed E-state index contributed by atoms with van der Waals surface area (Å²) in [4.78, 5) is 15.7. The molecule has 4 aromatic rings. The van der Waals surface area contributed by atoms with Crippen LogP contribution in [0.4, 0.5) is 5.82 Å². The summed E-state index contributed by atoms with van der Waals surface area (Å²) < 4.78 is 1.63. The first-order chi connectivity index (χ1) is 10.8. The summed E-state index contributed by atoms with van der Waals surface area (Å²) >= 11 is 0. The average Bonchev–Trinajstić information content (AvgIpc) is 3.12. The van der Waals surface area contributed by atoms with Gasteiger partial charge in [0.15, 0.2) is 5.65 Å². The van der Waals surface area contributed by atoms with Gasteiger partial charge in [-0.15, -0.1) is 0 Å². The number of anilines is 1. The van der Waals surface area contributed by atoms with Gasteiger partial charge in [-0.3, -0.25) is 0 Å². The number of aliphatic hydroxyl groups excluding tert-OH is 1. The van der Waals surface area contributed by atoms with Crippen molar-refractivity contribution in [2.75, 3.05) is 12.3 Å². The monoisotopic (exact) mass is 295 g/mol. The van der Waals surface area contributed by atoms with Crippen LogP contribution in [0.3, 0.4) is 0 Å². The van der Waals surface area contributed by atoms with E-state index in [1.807, 2.05) is 18.3 Å². The van der Waals surface area contributed by atoms with E-state index >= 15 is 0 Å². The smallest absolute Gasteiger partial charge is 0.164 e. The van der Waals surface area contributed by atoms with Crippen molar-refractivity contribution in [3.63, 3.8) is 0 Å². The fourth-order valence-electron chi connectivity index (χ4n) is 2.55. The van der Waals surface area contributed by atoms with Gasteiger partial charge in [-0.25, -0.2) is 19.6 Å². The van der Waals surface area contributed by atoms with Gasteiger partial charge in [0, 0.05) is 23.3 Å². The zero-order valence-corrected chi connectivity index (χ0v) is 11.6. The molecule has 0 atom stereocenters. The van der Waals surface area contributed by atoms with Gasteiger partial charge in [0.25, 0.3) is 0 Å². The molecule has 4 aromatic heterocycles. The summed E-state index contributed by atoms with van der Waals surface area (Å²) in [5.41, 5.74) is 8.91. The molecule has 4 heterocycles. The van der Waals surface area contributed by atoms with Crippen molar-refractivity contribution >= 4 is 27.9 Å². The largest absolute Gasteiger partial charge is 0.394 e. The number of aromatic amines is 1. The molecule has 0 aliphatic carbocycles. The first-order valence-corrected chi connectivity index (χ1v) is 6.79. The molecule has 0 fully saturated rings. The molecular formula is C14H13N7O. The molecule has 0 radical (unpaired) electrons. The van der Waals surface area contributed by atoms with E-state index in [4.69, 9.17) is 5.73 Å². The van der Waals surface area contributed by atoms with Crippen molar-refractivity contribution in [1.82, 2.24) is 29.7 Å². The van der Waals surface area contributed by atoms with Gasteiger partial charge in [0.2, 0.25) is 0 Å². The summed E-state index contributed by atoms with van der Waals surface area (Å²) in [6.45, 7) is 0.308. The fourth-order valence-corrected chi connectivity index (χ4v) is 2.55. The molecule has 0 unspecified atom stereocenters. The molecule has 0 bridgehead atoms. The van der Waals surface area contributed by atoms with Crippen LogP contribution in [0.1, 0.15) is 0 Å². The van der Waals surface area contributed by atoms with Crippen molar-refractivity contribution in [3.05, 3.63) is 30.9 Å². The topological polar surface area (TPSA) is 119 Å². The number of rotatable bonds is 3. The summed E-state index contributed by atoms with van der Waals surface area (Å²) in [6.07, 6.45) is 4.96. The van der Waals surface area contributed by atoms with Crippen LogP contribution in [-0.2, 0) is 6.54 Å². The van der Waals surface area contributed by atoms with E-state index in [1.165, 1.54) is 6.33 Å². The minimum absolute atomic E-state index is 0.0325. The normalized spacial score (nSPS) is 11.5. The number of nitrogens with two attached hydrogens (primary N) is 1. The molecule has 4 N–H and O–H groups in total. The molecule has 110 valence electrons. The van der Waals surface area contributed by atoms with Crippen LogP contribution < -0.4 is 5.73 Å². The predicted molar refractivity (Wildman–Crippen MR) is 81.9 cm³/mol. The number of hydrogen-bond donors (Lipinski definition) is 3. The van der Waals surface area contributed by atoms with Crippen molar-refractivity contribution in [2.24, 2.45) is 0 Å². The number of fused-ring (bicyclic) bond motifs is 2. The second-order valence-corrected chi connectivity index (χ2v) is 4.89. The summed E-state index contributed by atoms with van der Waals surface area (Å²) in [7, 11) is 0. The molecule has 0 saturated heterocycles. The van der Waals surface area contributed by atoms with Crippen molar-refractivity contribution < 1.29 is 5.11 Å². The Hall–Kier alpha value is -3.00. The van der Waals surface area contributed by atoms with Crippen molar-refractivity contribution in [1.29, 1.82) is 0 Å². The molecule has 8 heteroatoms. The Morgan fingerprint density at radius 2 is 2.18 bits per heavy atom. The maximum Gasteiger partial charge on any atom is 0.164 e. The van der Waals surface area contributed by atoms with Crippen LogP contribution in [0.15, 0.2) is 30.9 Å². The number of nitrogens with one attached hydrogen (secondary N) is 1. The summed E-state index contributed by atoms with van der Waals surface area (Å²) in [6, 6.07) is 3.93. The third-order valence-corrected chi connectivity index (χ3v) is 3.54. The van der Waals surface area contributed by atoms with Gasteiger partial charge in [0.05, 0.1) is 18.5 Å². The molecule has 8 nitrogen and oxygen atoms in total. The van der Waals surface area contributed by atoms with Gasteiger partial charge in [0.1, 0.15) is 23.5 Å². The Morgan fingerprint density at radius 1 is 1.27 bits per heavy atom. The average molecular weight is 295 g/mol. The highest BCUT2D eigenvalue weighted by Gasteiger charge is 2.17. The van der Waals surface area contributed by atoms with E-state index in [2.05, 4.69) is 25.0 Å². The lowest BCUT2D eigenvalue weighted by Gasteiger charge is -1.99. The minimum Gasteiger partial charge on any atom is -0.394 e. The lowest BCUT2D eigenvalue weighted by molar-refractivity contribution is 0.271. The standard InChI is InChI=1S/C14H13N7O/c15-12-10-11(9-5-8-1-2-16-13(8)17-6-9)20-21(3-4-22)14(10)19-7-18-12/h1-2,5-7,22H,3-4H2,(H,16,17)(H2,15,18,19). The number of nitrogen functional groups attached to an aromatic ring is 1. The van der Waals surface area contributed by atoms with E-state index in [9.17, 15) is 5.11 Å². The highest BCUT2D eigenvalue weighted by molar-refractivity contribution is 5.99. The second kappa shape index (κ2) is 4.78. The van der Waals surface area contributed by atoms with E-state index in [1.54, 1.807) is 10.9 Å². The zero-order chi connectivity index (χ0) is 15.1.